The van der Waals surface area contributed by atoms with Gasteiger partial charge in [0.15, 0.2) is 5.58 Å². The molecule has 0 atom stereocenters. The first-order valence-corrected chi connectivity index (χ1v) is 7.01. The molecule has 0 radical (unpaired) electrons. The summed E-state index contributed by atoms with van der Waals surface area (Å²) >= 11 is 0. The van der Waals surface area contributed by atoms with Crippen LogP contribution in [0.2, 0.25) is 0 Å². The minimum absolute atomic E-state index is 0.438. The third-order valence-corrected chi connectivity index (χ3v) is 3.73. The number of pyridine rings is 1. The zero-order chi connectivity index (χ0) is 14.2. The molecule has 2 aromatic heterocycles. The Morgan fingerprint density at radius 2 is 2.24 bits per heavy atom. The van der Waals surface area contributed by atoms with E-state index in [1.807, 2.05) is 31.2 Å². The first-order valence-electron chi connectivity index (χ1n) is 7.01. The zero-order valence-electron chi connectivity index (χ0n) is 11.7. The third kappa shape index (κ3) is 2.20. The Balaban J connectivity index is 1.52. The maximum atomic E-state index is 5.79. The molecular weight excluding hydrogens is 266 g/mol. The van der Waals surface area contributed by atoms with Crippen molar-refractivity contribution in [3.8, 4) is 5.75 Å². The number of rotatable bonds is 3. The number of nitrogens with one attached hydrogen (secondary N) is 1. The van der Waals surface area contributed by atoms with E-state index in [1.54, 1.807) is 0 Å². The molecule has 0 saturated carbocycles. The number of benzene rings is 1. The van der Waals surface area contributed by atoms with Gasteiger partial charge in [0.25, 0.3) is 0 Å². The summed E-state index contributed by atoms with van der Waals surface area (Å²) in [5.41, 5.74) is 3.82. The molecule has 0 fully saturated rings. The van der Waals surface area contributed by atoms with E-state index in [2.05, 4.69) is 21.5 Å². The van der Waals surface area contributed by atoms with Crippen LogP contribution < -0.4 is 10.1 Å². The summed E-state index contributed by atoms with van der Waals surface area (Å²) in [4.78, 5) is 4.56. The van der Waals surface area contributed by atoms with Crippen LogP contribution in [0.4, 0.5) is 5.82 Å². The fourth-order valence-corrected chi connectivity index (χ4v) is 2.57. The van der Waals surface area contributed by atoms with Gasteiger partial charge >= 0.3 is 0 Å². The van der Waals surface area contributed by atoms with Gasteiger partial charge in [-0.3, -0.25) is 0 Å². The van der Waals surface area contributed by atoms with Gasteiger partial charge in [-0.25, -0.2) is 4.98 Å². The Hall–Kier alpha value is -2.56. The normalized spacial score (nSPS) is 13.2. The number of hydrogen-bond acceptors (Lipinski definition) is 5. The molecule has 21 heavy (non-hydrogen) atoms. The lowest BCUT2D eigenvalue weighted by atomic mass is 10.2. The van der Waals surface area contributed by atoms with Crippen LogP contribution in [0.25, 0.3) is 11.0 Å². The Kier molecular flexibility index (Phi) is 2.77. The molecule has 0 spiro atoms. The number of hydrogen-bond donors (Lipinski definition) is 1. The van der Waals surface area contributed by atoms with Crippen molar-refractivity contribution >= 4 is 16.8 Å². The van der Waals surface area contributed by atoms with Gasteiger partial charge in [-0.05, 0) is 37.1 Å². The van der Waals surface area contributed by atoms with E-state index >= 15 is 0 Å². The van der Waals surface area contributed by atoms with Gasteiger partial charge in [0.05, 0.1) is 11.4 Å². The summed E-state index contributed by atoms with van der Waals surface area (Å²) in [7, 11) is 0. The lowest BCUT2D eigenvalue weighted by Crippen LogP contribution is -2.00. The first-order chi connectivity index (χ1) is 10.3. The van der Waals surface area contributed by atoms with Crippen LogP contribution >= 0.6 is 0 Å². The molecule has 1 aliphatic heterocycles. The number of aromatic nitrogens is 2. The van der Waals surface area contributed by atoms with Gasteiger partial charge < -0.3 is 14.6 Å². The van der Waals surface area contributed by atoms with Crippen molar-refractivity contribution in [1.29, 1.82) is 0 Å². The van der Waals surface area contributed by atoms with Crippen molar-refractivity contribution in [2.24, 2.45) is 0 Å². The number of ether oxygens (including phenoxy) is 1. The van der Waals surface area contributed by atoms with E-state index in [0.29, 0.717) is 6.61 Å². The molecule has 0 bridgehead atoms. The number of anilines is 1. The quantitative estimate of drug-likeness (QED) is 0.799. The predicted octanol–water partition coefficient (Wildman–Crippen LogP) is 3.08. The average Bonchev–Trinajstić information content (AvgIpc) is 3.11. The maximum absolute atomic E-state index is 5.79. The highest BCUT2D eigenvalue weighted by Gasteiger charge is 2.12. The van der Waals surface area contributed by atoms with E-state index in [-0.39, 0.29) is 0 Å². The summed E-state index contributed by atoms with van der Waals surface area (Å²) in [6.45, 7) is 3.33. The smallest absolute Gasteiger partial charge is 0.170 e. The van der Waals surface area contributed by atoms with Crippen LogP contribution in [0.1, 0.15) is 17.0 Å². The predicted molar refractivity (Wildman–Crippen MR) is 79.5 cm³/mol. The van der Waals surface area contributed by atoms with Gasteiger partial charge in [-0.1, -0.05) is 11.2 Å². The van der Waals surface area contributed by atoms with E-state index in [0.717, 1.165) is 46.9 Å². The molecule has 0 amide bonds. The molecule has 0 aliphatic carbocycles. The monoisotopic (exact) mass is 281 g/mol. The summed E-state index contributed by atoms with van der Waals surface area (Å²) in [5, 5.41) is 8.23. The van der Waals surface area contributed by atoms with E-state index in [4.69, 9.17) is 9.26 Å². The minimum Gasteiger partial charge on any atom is -0.487 e. The summed E-state index contributed by atoms with van der Waals surface area (Å²) < 4.78 is 11.0. The molecule has 106 valence electrons. The number of aryl methyl sites for hydroxylation is 1. The Bertz CT molecular complexity index is 810. The van der Waals surface area contributed by atoms with Crippen molar-refractivity contribution in [2.45, 2.75) is 20.0 Å². The topological polar surface area (TPSA) is 60.2 Å². The van der Waals surface area contributed by atoms with E-state index in [9.17, 15) is 0 Å². The first kappa shape index (κ1) is 12.2. The standard InChI is InChI=1S/C16H15N3O2/c1-10-14-5-4-13(8-15(14)21-19-10)20-9-12-3-2-11-6-7-17-16(11)18-12/h2-5,8H,6-7,9H2,1H3,(H,17,18). The molecule has 3 aromatic rings. The van der Waals surface area contributed by atoms with Crippen LogP contribution in [0.3, 0.4) is 0 Å². The van der Waals surface area contributed by atoms with Crippen molar-refractivity contribution in [3.63, 3.8) is 0 Å². The number of fused-ring (bicyclic) bond motifs is 2. The molecule has 5 heteroatoms. The molecule has 3 heterocycles. The minimum atomic E-state index is 0.438. The van der Waals surface area contributed by atoms with Crippen molar-refractivity contribution < 1.29 is 9.26 Å². The van der Waals surface area contributed by atoms with Crippen LogP contribution in [-0.2, 0) is 13.0 Å². The molecule has 0 unspecified atom stereocenters. The SMILES string of the molecule is Cc1noc2cc(OCc3ccc4c(n3)NCC4)ccc12. The highest BCUT2D eigenvalue weighted by atomic mass is 16.5. The second-order valence-corrected chi connectivity index (χ2v) is 5.20. The largest absolute Gasteiger partial charge is 0.487 e. The summed E-state index contributed by atoms with van der Waals surface area (Å²) in [5.74, 6) is 1.74. The fourth-order valence-electron chi connectivity index (χ4n) is 2.57. The van der Waals surface area contributed by atoms with Gasteiger partial charge in [-0.15, -0.1) is 0 Å². The van der Waals surface area contributed by atoms with Crippen molar-refractivity contribution in [3.05, 3.63) is 47.3 Å². The van der Waals surface area contributed by atoms with Crippen LogP contribution in [0.15, 0.2) is 34.9 Å². The molecule has 1 N–H and O–H groups in total. The van der Waals surface area contributed by atoms with E-state index in [1.165, 1.54) is 5.56 Å². The highest BCUT2D eigenvalue weighted by molar-refractivity contribution is 5.80. The third-order valence-electron chi connectivity index (χ3n) is 3.73. The molecule has 1 aliphatic rings. The average molecular weight is 281 g/mol. The second kappa shape index (κ2) is 4.77. The molecule has 0 saturated heterocycles. The lowest BCUT2D eigenvalue weighted by Gasteiger charge is -2.07. The Morgan fingerprint density at radius 1 is 1.29 bits per heavy atom. The van der Waals surface area contributed by atoms with Crippen LogP contribution in [-0.4, -0.2) is 16.7 Å². The summed E-state index contributed by atoms with van der Waals surface area (Å²) in [6.07, 6.45) is 1.05. The van der Waals surface area contributed by atoms with Gasteiger partial charge in [0.1, 0.15) is 18.2 Å². The fraction of sp³-hybridized carbons (Fsp3) is 0.250. The van der Waals surface area contributed by atoms with Crippen molar-refractivity contribution in [1.82, 2.24) is 10.1 Å². The zero-order valence-corrected chi connectivity index (χ0v) is 11.7. The molecule has 4 rings (SSSR count). The van der Waals surface area contributed by atoms with Crippen molar-refractivity contribution in [2.75, 3.05) is 11.9 Å². The van der Waals surface area contributed by atoms with E-state index < -0.39 is 0 Å². The van der Waals surface area contributed by atoms with Gasteiger partial charge in [0, 0.05) is 18.0 Å². The van der Waals surface area contributed by atoms with Gasteiger partial charge in [0.2, 0.25) is 0 Å². The highest BCUT2D eigenvalue weighted by Crippen LogP contribution is 2.24. The van der Waals surface area contributed by atoms with Crippen LogP contribution in [0, 0.1) is 6.92 Å². The van der Waals surface area contributed by atoms with Crippen LogP contribution in [0.5, 0.6) is 5.75 Å². The maximum Gasteiger partial charge on any atom is 0.170 e. The Labute approximate surface area is 121 Å². The molecule has 1 aromatic carbocycles. The summed E-state index contributed by atoms with van der Waals surface area (Å²) in [6, 6.07) is 9.89. The Morgan fingerprint density at radius 3 is 3.19 bits per heavy atom. The van der Waals surface area contributed by atoms with Gasteiger partial charge in [-0.2, -0.15) is 0 Å². The second-order valence-electron chi connectivity index (χ2n) is 5.20. The lowest BCUT2D eigenvalue weighted by molar-refractivity contribution is 0.301. The molecular formula is C16H15N3O2. The molecule has 5 nitrogen and oxygen atoms in total. The number of nitrogens with zero attached hydrogens (tertiary/aromatic N) is 2.